The van der Waals surface area contributed by atoms with Gasteiger partial charge in [-0.2, -0.15) is 0 Å². The number of benzene rings is 1. The zero-order valence-corrected chi connectivity index (χ0v) is 14.7. The normalized spacial score (nSPS) is 22.0. The first-order valence-electron chi connectivity index (χ1n) is 7.52. The van der Waals surface area contributed by atoms with Crippen molar-refractivity contribution in [2.75, 3.05) is 7.11 Å². The van der Waals surface area contributed by atoms with E-state index in [1.807, 2.05) is 6.07 Å². The maximum absolute atomic E-state index is 13.5. The van der Waals surface area contributed by atoms with Crippen molar-refractivity contribution in [1.82, 2.24) is 0 Å². The third-order valence-electron chi connectivity index (χ3n) is 4.91. The van der Waals surface area contributed by atoms with Crippen molar-refractivity contribution in [1.29, 1.82) is 0 Å². The van der Waals surface area contributed by atoms with Crippen molar-refractivity contribution in [2.45, 2.75) is 57.6 Å². The summed E-state index contributed by atoms with van der Waals surface area (Å²) in [5, 5.41) is 0. The highest BCUT2D eigenvalue weighted by Gasteiger charge is 2.42. The Bertz CT molecular complexity index is 473. The first-order valence-corrected chi connectivity index (χ1v) is 8.31. The summed E-state index contributed by atoms with van der Waals surface area (Å²) in [6, 6.07) is 4.83. The predicted molar refractivity (Wildman–Crippen MR) is 87.8 cm³/mol. The lowest BCUT2D eigenvalue weighted by Gasteiger charge is -2.46. The van der Waals surface area contributed by atoms with Crippen LogP contribution in [0.3, 0.4) is 0 Å². The van der Waals surface area contributed by atoms with Crippen LogP contribution in [0.1, 0.15) is 45.1 Å². The summed E-state index contributed by atoms with van der Waals surface area (Å²) in [4.78, 5) is 0. The molecule has 1 aliphatic rings. The second-order valence-corrected chi connectivity index (χ2v) is 7.94. The molecule has 21 heavy (non-hydrogen) atoms. The Balaban J connectivity index is 2.12. The van der Waals surface area contributed by atoms with Crippen molar-refractivity contribution >= 4 is 15.9 Å². The van der Waals surface area contributed by atoms with Gasteiger partial charge in [0.1, 0.15) is 5.82 Å². The zero-order chi connectivity index (χ0) is 15.7. The van der Waals surface area contributed by atoms with E-state index in [2.05, 4.69) is 29.8 Å². The molecular weight excluding hydrogens is 333 g/mol. The molecule has 0 bridgehead atoms. The first-order chi connectivity index (χ1) is 9.76. The highest BCUT2D eigenvalue weighted by atomic mass is 79.9. The number of methoxy groups -OCH3 is 1. The van der Waals surface area contributed by atoms with E-state index in [0.29, 0.717) is 11.8 Å². The Morgan fingerprint density at radius 3 is 2.38 bits per heavy atom. The van der Waals surface area contributed by atoms with Gasteiger partial charge in [0.15, 0.2) is 0 Å². The largest absolute Gasteiger partial charge is 0.377 e. The second-order valence-electron chi connectivity index (χ2n) is 7.02. The van der Waals surface area contributed by atoms with Gasteiger partial charge >= 0.3 is 0 Å². The smallest absolute Gasteiger partial charge is 0.124 e. The van der Waals surface area contributed by atoms with E-state index in [4.69, 9.17) is 10.5 Å². The standard InChI is InChI=1S/C17H25BrFNO/c1-16(2)4-6-17(21-3,7-5-16)15(20)10-12-8-13(18)11-14(19)9-12/h8-9,11,15H,4-7,10,20H2,1-3H3. The number of nitrogens with two attached hydrogens (primary N) is 1. The summed E-state index contributed by atoms with van der Waals surface area (Å²) < 4.78 is 20.1. The second kappa shape index (κ2) is 6.35. The molecule has 1 aromatic rings. The van der Waals surface area contributed by atoms with Crippen molar-refractivity contribution < 1.29 is 9.13 Å². The maximum atomic E-state index is 13.5. The maximum Gasteiger partial charge on any atom is 0.124 e. The molecule has 1 atom stereocenters. The van der Waals surface area contributed by atoms with E-state index in [0.717, 1.165) is 35.7 Å². The van der Waals surface area contributed by atoms with Crippen LogP contribution in [-0.2, 0) is 11.2 Å². The molecule has 0 aliphatic heterocycles. The van der Waals surface area contributed by atoms with Crippen LogP contribution in [0.2, 0.25) is 0 Å². The van der Waals surface area contributed by atoms with Gasteiger partial charge in [-0.15, -0.1) is 0 Å². The van der Waals surface area contributed by atoms with E-state index >= 15 is 0 Å². The predicted octanol–water partition coefficient (Wildman–Crippen LogP) is 4.44. The highest BCUT2D eigenvalue weighted by molar-refractivity contribution is 9.10. The molecule has 1 unspecified atom stereocenters. The van der Waals surface area contributed by atoms with E-state index in [1.165, 1.54) is 6.07 Å². The van der Waals surface area contributed by atoms with E-state index in [9.17, 15) is 4.39 Å². The monoisotopic (exact) mass is 357 g/mol. The van der Waals surface area contributed by atoms with Gasteiger partial charge in [-0.05, 0) is 61.3 Å². The minimum Gasteiger partial charge on any atom is -0.377 e. The van der Waals surface area contributed by atoms with Crippen LogP contribution in [0.5, 0.6) is 0 Å². The molecule has 0 amide bonds. The van der Waals surface area contributed by atoms with Crippen LogP contribution in [0.4, 0.5) is 4.39 Å². The fourth-order valence-electron chi connectivity index (χ4n) is 3.24. The topological polar surface area (TPSA) is 35.2 Å². The molecule has 2 rings (SSSR count). The lowest BCUT2D eigenvalue weighted by molar-refractivity contribution is -0.0781. The van der Waals surface area contributed by atoms with E-state index in [-0.39, 0.29) is 17.5 Å². The number of hydrogen-bond acceptors (Lipinski definition) is 2. The van der Waals surface area contributed by atoms with E-state index < -0.39 is 0 Å². The van der Waals surface area contributed by atoms with Crippen LogP contribution < -0.4 is 5.73 Å². The Kier molecular flexibility index (Phi) is 5.11. The van der Waals surface area contributed by atoms with Crippen molar-refractivity contribution in [3.8, 4) is 0 Å². The third kappa shape index (κ3) is 4.05. The lowest BCUT2D eigenvalue weighted by Crippen LogP contribution is -2.53. The van der Waals surface area contributed by atoms with Crippen LogP contribution in [0.15, 0.2) is 22.7 Å². The molecule has 0 radical (unpaired) electrons. The molecular formula is C17H25BrFNO. The fourth-order valence-corrected chi connectivity index (χ4v) is 3.76. The SMILES string of the molecule is COC1(C(N)Cc2cc(F)cc(Br)c2)CCC(C)(C)CC1. The summed E-state index contributed by atoms with van der Waals surface area (Å²) in [5.41, 5.74) is 7.45. The number of hydrogen-bond donors (Lipinski definition) is 1. The minimum absolute atomic E-state index is 0.118. The van der Waals surface area contributed by atoms with Gasteiger partial charge in [-0.25, -0.2) is 4.39 Å². The number of halogens is 2. The number of rotatable bonds is 4. The first kappa shape index (κ1) is 16.9. The van der Waals surface area contributed by atoms with E-state index in [1.54, 1.807) is 13.2 Å². The van der Waals surface area contributed by atoms with Crippen molar-refractivity contribution in [2.24, 2.45) is 11.1 Å². The lowest BCUT2D eigenvalue weighted by atomic mass is 9.68. The van der Waals surface area contributed by atoms with Gasteiger partial charge in [0.05, 0.1) is 5.60 Å². The zero-order valence-electron chi connectivity index (χ0n) is 13.1. The summed E-state index contributed by atoms with van der Waals surface area (Å²) in [7, 11) is 1.75. The summed E-state index contributed by atoms with van der Waals surface area (Å²) in [6.45, 7) is 4.59. The third-order valence-corrected chi connectivity index (χ3v) is 5.37. The molecule has 118 valence electrons. The molecule has 1 aliphatic carbocycles. The molecule has 1 aromatic carbocycles. The Hall–Kier alpha value is -0.450. The molecule has 0 spiro atoms. The van der Waals surface area contributed by atoms with Gasteiger partial charge in [0.2, 0.25) is 0 Å². The highest BCUT2D eigenvalue weighted by Crippen LogP contribution is 2.43. The molecule has 2 N–H and O–H groups in total. The molecule has 1 saturated carbocycles. The van der Waals surface area contributed by atoms with Crippen LogP contribution >= 0.6 is 15.9 Å². The molecule has 2 nitrogen and oxygen atoms in total. The molecule has 0 heterocycles. The fraction of sp³-hybridized carbons (Fsp3) is 0.647. The van der Waals surface area contributed by atoms with Gasteiger partial charge in [0.25, 0.3) is 0 Å². The van der Waals surface area contributed by atoms with Crippen molar-refractivity contribution in [3.05, 3.63) is 34.1 Å². The molecule has 0 aromatic heterocycles. The van der Waals surface area contributed by atoms with Gasteiger partial charge < -0.3 is 10.5 Å². The quantitative estimate of drug-likeness (QED) is 0.864. The summed E-state index contributed by atoms with van der Waals surface area (Å²) in [5.74, 6) is -0.234. The minimum atomic E-state index is -0.283. The average Bonchev–Trinajstić information content (AvgIpc) is 2.38. The van der Waals surface area contributed by atoms with Crippen LogP contribution in [0, 0.1) is 11.2 Å². The van der Waals surface area contributed by atoms with Crippen LogP contribution in [-0.4, -0.2) is 18.8 Å². The molecule has 0 saturated heterocycles. The van der Waals surface area contributed by atoms with Gasteiger partial charge in [-0.3, -0.25) is 0 Å². The average molecular weight is 358 g/mol. The van der Waals surface area contributed by atoms with Crippen molar-refractivity contribution in [3.63, 3.8) is 0 Å². The summed E-state index contributed by atoms with van der Waals surface area (Å²) >= 11 is 3.33. The molecule has 4 heteroatoms. The number of ether oxygens (including phenoxy) is 1. The Morgan fingerprint density at radius 2 is 1.86 bits per heavy atom. The Labute approximate surface area is 135 Å². The summed E-state index contributed by atoms with van der Waals surface area (Å²) in [6.07, 6.45) is 4.79. The molecule has 1 fully saturated rings. The van der Waals surface area contributed by atoms with Gasteiger partial charge in [0, 0.05) is 17.6 Å². The van der Waals surface area contributed by atoms with Gasteiger partial charge in [-0.1, -0.05) is 29.8 Å². The Morgan fingerprint density at radius 1 is 1.24 bits per heavy atom. The van der Waals surface area contributed by atoms with Crippen LogP contribution in [0.25, 0.3) is 0 Å².